The smallest absolute Gasteiger partial charge is 0.271 e. The second kappa shape index (κ2) is 7.25. The summed E-state index contributed by atoms with van der Waals surface area (Å²) in [5.41, 5.74) is 4.80. The zero-order valence-corrected chi connectivity index (χ0v) is 14.7. The molecule has 0 aliphatic rings. The number of nitrogens with one attached hydrogen (secondary N) is 1. The molecule has 0 bridgehead atoms. The number of nitrogens with zero attached hydrogens (tertiary/aromatic N) is 2. The van der Waals surface area contributed by atoms with Gasteiger partial charge in [0.15, 0.2) is 0 Å². The van der Waals surface area contributed by atoms with Crippen molar-refractivity contribution in [1.29, 1.82) is 0 Å². The predicted molar refractivity (Wildman–Crippen MR) is 107 cm³/mol. The van der Waals surface area contributed by atoms with Gasteiger partial charge >= 0.3 is 0 Å². The van der Waals surface area contributed by atoms with E-state index in [9.17, 15) is 4.79 Å². The standard InChI is InChI=1S/C22H17N3O2/c1-27-20-12-11-16(18-10-5-13-23-21(18)20)14-24-25-22(26)19-9-4-7-15-6-2-3-8-17(15)19/h2-14H,1H3,(H,25,26)/b24-14+. The fraction of sp³-hybridized carbons (Fsp3) is 0.0455. The van der Waals surface area contributed by atoms with Gasteiger partial charge in [-0.3, -0.25) is 9.78 Å². The van der Waals surface area contributed by atoms with E-state index in [4.69, 9.17) is 4.74 Å². The van der Waals surface area contributed by atoms with Gasteiger partial charge in [-0.1, -0.05) is 42.5 Å². The lowest BCUT2D eigenvalue weighted by molar-refractivity contribution is 0.0957. The average Bonchev–Trinajstić information content (AvgIpc) is 2.73. The van der Waals surface area contributed by atoms with Crippen molar-refractivity contribution in [1.82, 2.24) is 10.4 Å². The van der Waals surface area contributed by atoms with Gasteiger partial charge in [-0.2, -0.15) is 5.10 Å². The number of aromatic nitrogens is 1. The maximum absolute atomic E-state index is 12.6. The highest BCUT2D eigenvalue weighted by Crippen LogP contribution is 2.25. The van der Waals surface area contributed by atoms with Crippen molar-refractivity contribution < 1.29 is 9.53 Å². The maximum Gasteiger partial charge on any atom is 0.271 e. The lowest BCUT2D eigenvalue weighted by Crippen LogP contribution is -2.17. The molecule has 1 amide bonds. The lowest BCUT2D eigenvalue weighted by Gasteiger charge is -2.07. The molecule has 0 fully saturated rings. The van der Waals surface area contributed by atoms with Crippen LogP contribution in [0, 0.1) is 0 Å². The molecule has 4 rings (SSSR count). The van der Waals surface area contributed by atoms with Gasteiger partial charge in [0, 0.05) is 22.7 Å². The highest BCUT2D eigenvalue weighted by molar-refractivity contribution is 6.07. The van der Waals surface area contributed by atoms with Crippen LogP contribution in [0.1, 0.15) is 15.9 Å². The Bertz CT molecular complexity index is 1160. The third-order valence-corrected chi connectivity index (χ3v) is 4.39. The van der Waals surface area contributed by atoms with Gasteiger partial charge in [0.1, 0.15) is 11.3 Å². The van der Waals surface area contributed by atoms with Crippen LogP contribution in [-0.4, -0.2) is 24.2 Å². The Hall–Kier alpha value is -3.73. The van der Waals surface area contributed by atoms with Crippen molar-refractivity contribution in [2.75, 3.05) is 7.11 Å². The summed E-state index contributed by atoms with van der Waals surface area (Å²) in [6.07, 6.45) is 3.33. The molecule has 1 aromatic heterocycles. The number of hydrogen-bond donors (Lipinski definition) is 1. The molecule has 0 aliphatic carbocycles. The summed E-state index contributed by atoms with van der Waals surface area (Å²) >= 11 is 0. The largest absolute Gasteiger partial charge is 0.494 e. The van der Waals surface area contributed by atoms with Gasteiger partial charge in [-0.15, -0.1) is 0 Å². The third-order valence-electron chi connectivity index (χ3n) is 4.39. The number of fused-ring (bicyclic) bond motifs is 2. The summed E-state index contributed by atoms with van der Waals surface area (Å²) in [6.45, 7) is 0. The molecule has 0 unspecified atom stereocenters. The number of amides is 1. The summed E-state index contributed by atoms with van der Waals surface area (Å²) in [6, 6.07) is 20.9. The van der Waals surface area contributed by atoms with Crippen LogP contribution in [0.25, 0.3) is 21.7 Å². The molecule has 0 atom stereocenters. The van der Waals surface area contributed by atoms with E-state index in [0.29, 0.717) is 11.3 Å². The minimum atomic E-state index is -0.251. The van der Waals surface area contributed by atoms with Crippen LogP contribution in [0.2, 0.25) is 0 Å². The number of ether oxygens (including phenoxy) is 1. The molecule has 0 saturated carbocycles. The van der Waals surface area contributed by atoms with E-state index in [-0.39, 0.29) is 5.91 Å². The van der Waals surface area contributed by atoms with Crippen LogP contribution in [-0.2, 0) is 0 Å². The van der Waals surface area contributed by atoms with Crippen LogP contribution >= 0.6 is 0 Å². The first kappa shape index (κ1) is 16.7. The quantitative estimate of drug-likeness (QED) is 0.442. The summed E-state index contributed by atoms with van der Waals surface area (Å²) < 4.78 is 5.35. The predicted octanol–water partition coefficient (Wildman–Crippen LogP) is 4.16. The van der Waals surface area contributed by atoms with E-state index in [1.165, 1.54) is 0 Å². The van der Waals surface area contributed by atoms with Crippen molar-refractivity contribution in [3.63, 3.8) is 0 Å². The second-order valence-electron chi connectivity index (χ2n) is 5.98. The molecule has 1 heterocycles. The van der Waals surface area contributed by atoms with Crippen molar-refractivity contribution in [3.05, 3.63) is 84.1 Å². The van der Waals surface area contributed by atoms with Gasteiger partial charge in [-0.05, 0) is 35.0 Å². The molecule has 132 valence electrons. The third kappa shape index (κ3) is 3.22. The monoisotopic (exact) mass is 355 g/mol. The Morgan fingerprint density at radius 1 is 1.00 bits per heavy atom. The lowest BCUT2D eigenvalue weighted by atomic mass is 10.0. The number of rotatable bonds is 4. The Kier molecular flexibility index (Phi) is 4.49. The second-order valence-corrected chi connectivity index (χ2v) is 5.98. The molecule has 0 radical (unpaired) electrons. The summed E-state index contributed by atoms with van der Waals surface area (Å²) in [5.74, 6) is 0.446. The first-order chi connectivity index (χ1) is 13.3. The van der Waals surface area contributed by atoms with Gasteiger partial charge in [0.25, 0.3) is 5.91 Å². The molecule has 0 spiro atoms. The number of methoxy groups -OCH3 is 1. The highest BCUT2D eigenvalue weighted by atomic mass is 16.5. The molecular weight excluding hydrogens is 338 g/mol. The first-order valence-electron chi connectivity index (χ1n) is 8.51. The number of carbonyl (C=O) groups is 1. The number of pyridine rings is 1. The van der Waals surface area contributed by atoms with Crippen molar-refractivity contribution >= 4 is 33.8 Å². The van der Waals surface area contributed by atoms with Gasteiger partial charge in [0.2, 0.25) is 0 Å². The Morgan fingerprint density at radius 2 is 1.81 bits per heavy atom. The zero-order valence-electron chi connectivity index (χ0n) is 14.7. The van der Waals surface area contributed by atoms with E-state index in [0.717, 1.165) is 27.2 Å². The molecule has 3 aromatic carbocycles. The fourth-order valence-corrected chi connectivity index (χ4v) is 3.09. The number of hydrogen-bond acceptors (Lipinski definition) is 4. The molecule has 5 nitrogen and oxygen atoms in total. The fourth-order valence-electron chi connectivity index (χ4n) is 3.09. The topological polar surface area (TPSA) is 63.6 Å². The van der Waals surface area contributed by atoms with Crippen LogP contribution in [0.5, 0.6) is 5.75 Å². The van der Waals surface area contributed by atoms with Gasteiger partial charge < -0.3 is 4.74 Å². The van der Waals surface area contributed by atoms with Crippen LogP contribution < -0.4 is 10.2 Å². The Labute approximate surface area is 156 Å². The number of benzene rings is 3. The van der Waals surface area contributed by atoms with Crippen LogP contribution in [0.4, 0.5) is 0 Å². The maximum atomic E-state index is 12.6. The average molecular weight is 355 g/mol. The molecule has 0 saturated heterocycles. The summed E-state index contributed by atoms with van der Waals surface area (Å²) in [5, 5.41) is 6.95. The number of hydrazone groups is 1. The van der Waals surface area contributed by atoms with Crippen molar-refractivity contribution in [2.45, 2.75) is 0 Å². The van der Waals surface area contributed by atoms with Crippen LogP contribution in [0.15, 0.2) is 78.0 Å². The molecule has 27 heavy (non-hydrogen) atoms. The Morgan fingerprint density at radius 3 is 2.70 bits per heavy atom. The minimum absolute atomic E-state index is 0.251. The van der Waals surface area contributed by atoms with E-state index in [1.54, 1.807) is 25.6 Å². The summed E-state index contributed by atoms with van der Waals surface area (Å²) in [7, 11) is 1.61. The van der Waals surface area contributed by atoms with Gasteiger partial charge in [-0.25, -0.2) is 5.43 Å². The van der Waals surface area contributed by atoms with Crippen molar-refractivity contribution in [3.8, 4) is 5.75 Å². The molecular formula is C22H17N3O2. The highest BCUT2D eigenvalue weighted by Gasteiger charge is 2.09. The molecule has 4 aromatic rings. The van der Waals surface area contributed by atoms with E-state index in [1.807, 2.05) is 60.7 Å². The molecule has 5 heteroatoms. The van der Waals surface area contributed by atoms with Crippen molar-refractivity contribution in [2.24, 2.45) is 5.10 Å². The zero-order chi connectivity index (χ0) is 18.6. The van der Waals surface area contributed by atoms with E-state index >= 15 is 0 Å². The molecule has 0 aliphatic heterocycles. The Balaban J connectivity index is 1.61. The van der Waals surface area contributed by atoms with Crippen LogP contribution in [0.3, 0.4) is 0 Å². The van der Waals surface area contributed by atoms with Gasteiger partial charge in [0.05, 0.1) is 13.3 Å². The number of carbonyl (C=O) groups excluding carboxylic acids is 1. The normalized spacial score (nSPS) is 11.1. The summed E-state index contributed by atoms with van der Waals surface area (Å²) in [4.78, 5) is 16.9. The minimum Gasteiger partial charge on any atom is -0.494 e. The van der Waals surface area contributed by atoms with E-state index in [2.05, 4.69) is 15.5 Å². The molecule has 1 N–H and O–H groups in total. The van der Waals surface area contributed by atoms with E-state index < -0.39 is 0 Å². The first-order valence-corrected chi connectivity index (χ1v) is 8.51. The SMILES string of the molecule is COc1ccc(/C=N/NC(=O)c2cccc3ccccc23)c2cccnc12.